The molecule has 1 atom stereocenters. The first-order valence-corrected chi connectivity index (χ1v) is 5.65. The molecule has 5 heteroatoms. The van der Waals surface area contributed by atoms with Crippen molar-refractivity contribution in [2.24, 2.45) is 0 Å². The van der Waals surface area contributed by atoms with E-state index in [2.05, 4.69) is 0 Å². The number of nitrogens with zero attached hydrogens (tertiary/aromatic N) is 1. The Morgan fingerprint density at radius 2 is 2.29 bits per heavy atom. The number of anilines is 2. The highest BCUT2D eigenvalue weighted by atomic mass is 16.5. The minimum atomic E-state index is -0.490. The second-order valence-corrected chi connectivity index (χ2v) is 3.96. The lowest BCUT2D eigenvalue weighted by atomic mass is 10.1. The number of hydrogen-bond acceptors (Lipinski definition) is 4. The number of hydrogen-bond donors (Lipinski definition) is 2. The number of nitrogen functional groups attached to an aromatic ring is 1. The van der Waals surface area contributed by atoms with Crippen molar-refractivity contribution in [1.82, 2.24) is 0 Å². The molecule has 92 valence electrons. The maximum atomic E-state index is 12.1. The fourth-order valence-electron chi connectivity index (χ4n) is 1.93. The molecule has 1 aromatic rings. The van der Waals surface area contributed by atoms with Crippen molar-refractivity contribution in [3.8, 4) is 5.75 Å². The van der Waals surface area contributed by atoms with Crippen molar-refractivity contribution in [2.75, 3.05) is 23.8 Å². The summed E-state index contributed by atoms with van der Waals surface area (Å²) in [6.07, 6.45) is 0.102. The van der Waals surface area contributed by atoms with E-state index in [1.807, 2.05) is 6.92 Å². The van der Waals surface area contributed by atoms with Crippen molar-refractivity contribution in [2.45, 2.75) is 19.4 Å². The van der Waals surface area contributed by atoms with Gasteiger partial charge < -0.3 is 20.5 Å². The van der Waals surface area contributed by atoms with Crippen LogP contribution in [0.5, 0.6) is 5.75 Å². The smallest absolute Gasteiger partial charge is 0.268 e. The van der Waals surface area contributed by atoms with Gasteiger partial charge in [0.2, 0.25) is 0 Å². The normalized spacial score (nSPS) is 18.8. The van der Waals surface area contributed by atoms with Crippen molar-refractivity contribution >= 4 is 17.3 Å². The van der Waals surface area contributed by atoms with Gasteiger partial charge in [-0.05, 0) is 18.6 Å². The van der Waals surface area contributed by atoms with Crippen LogP contribution in [0, 0.1) is 0 Å². The number of β-amino-alcohol motifs (C(OH)–C–C–N with tert-alkyl or cyclic N) is 1. The van der Waals surface area contributed by atoms with E-state index in [4.69, 9.17) is 15.6 Å². The molecule has 0 saturated carbocycles. The van der Waals surface area contributed by atoms with Crippen LogP contribution < -0.4 is 15.4 Å². The molecule has 2 rings (SSSR count). The van der Waals surface area contributed by atoms with Crippen LogP contribution in [0.15, 0.2) is 18.2 Å². The molecular formula is C12H16N2O3. The first kappa shape index (κ1) is 11.7. The number of rotatable bonds is 3. The van der Waals surface area contributed by atoms with Crippen LogP contribution in [0.4, 0.5) is 11.4 Å². The number of fused-ring (bicyclic) bond motifs is 1. The van der Waals surface area contributed by atoms with Crippen LogP contribution in [0.3, 0.4) is 0 Å². The molecule has 3 N–H and O–H groups in total. The molecule has 0 saturated heterocycles. The van der Waals surface area contributed by atoms with E-state index < -0.39 is 6.10 Å². The highest BCUT2D eigenvalue weighted by molar-refractivity contribution is 6.00. The minimum Gasteiger partial charge on any atom is -0.478 e. The summed E-state index contributed by atoms with van der Waals surface area (Å²) in [6, 6.07) is 5.16. The van der Waals surface area contributed by atoms with Gasteiger partial charge in [0.1, 0.15) is 5.75 Å². The van der Waals surface area contributed by atoms with Gasteiger partial charge in [-0.3, -0.25) is 4.79 Å². The molecule has 1 aromatic carbocycles. The zero-order chi connectivity index (χ0) is 12.4. The zero-order valence-electron chi connectivity index (χ0n) is 9.72. The van der Waals surface area contributed by atoms with E-state index in [1.165, 1.54) is 0 Å². The monoisotopic (exact) mass is 236 g/mol. The average molecular weight is 236 g/mol. The summed E-state index contributed by atoms with van der Waals surface area (Å²) in [5.74, 6) is 0.490. The number of nitrogens with two attached hydrogens (primary N) is 1. The Labute approximate surface area is 99.8 Å². The summed E-state index contributed by atoms with van der Waals surface area (Å²) in [5.41, 5.74) is 6.95. The van der Waals surface area contributed by atoms with Crippen LogP contribution in [0.25, 0.3) is 0 Å². The Bertz CT molecular complexity index is 434. The number of aliphatic hydroxyl groups is 1. The predicted octanol–water partition coefficient (Wildman–Crippen LogP) is 0.765. The summed E-state index contributed by atoms with van der Waals surface area (Å²) in [7, 11) is 0. The Kier molecular flexibility index (Phi) is 3.19. The maximum absolute atomic E-state index is 12.1. The molecule has 0 bridgehead atoms. The van der Waals surface area contributed by atoms with Gasteiger partial charge in [-0.15, -0.1) is 0 Å². The highest BCUT2D eigenvalue weighted by Crippen LogP contribution is 2.35. The molecule has 1 aliphatic heterocycles. The molecule has 0 spiro atoms. The molecule has 0 radical (unpaired) electrons. The number of ether oxygens (including phenoxy) is 1. The Morgan fingerprint density at radius 1 is 1.53 bits per heavy atom. The molecule has 1 unspecified atom stereocenters. The highest BCUT2D eigenvalue weighted by Gasteiger charge is 2.32. The van der Waals surface area contributed by atoms with E-state index in [-0.39, 0.29) is 19.1 Å². The van der Waals surface area contributed by atoms with Crippen molar-refractivity contribution < 1.29 is 14.6 Å². The van der Waals surface area contributed by atoms with Crippen molar-refractivity contribution in [3.63, 3.8) is 0 Å². The number of aliphatic hydroxyl groups excluding tert-OH is 1. The first-order chi connectivity index (χ1) is 8.17. The van der Waals surface area contributed by atoms with Gasteiger partial charge in [-0.2, -0.15) is 0 Å². The van der Waals surface area contributed by atoms with Crippen LogP contribution in [-0.2, 0) is 4.79 Å². The van der Waals surface area contributed by atoms with E-state index in [9.17, 15) is 4.79 Å². The molecule has 5 nitrogen and oxygen atoms in total. The third kappa shape index (κ3) is 2.06. The van der Waals surface area contributed by atoms with Gasteiger partial charge in [0, 0.05) is 18.3 Å². The van der Waals surface area contributed by atoms with Crippen LogP contribution in [-0.4, -0.2) is 30.3 Å². The fraction of sp³-hybridized carbons (Fsp3) is 0.417. The van der Waals surface area contributed by atoms with E-state index in [0.717, 1.165) is 0 Å². The SMILES string of the molecule is CCC1Oc2cc(N)ccc2N(CCO)C1=O. The molecule has 1 heterocycles. The van der Waals surface area contributed by atoms with Gasteiger partial charge in [0.05, 0.1) is 12.3 Å². The van der Waals surface area contributed by atoms with Crippen LogP contribution in [0.2, 0.25) is 0 Å². The summed E-state index contributed by atoms with van der Waals surface area (Å²) >= 11 is 0. The number of amides is 1. The fourth-order valence-corrected chi connectivity index (χ4v) is 1.93. The van der Waals surface area contributed by atoms with Gasteiger partial charge in [-0.1, -0.05) is 6.92 Å². The summed E-state index contributed by atoms with van der Waals surface area (Å²) < 4.78 is 5.60. The largest absolute Gasteiger partial charge is 0.478 e. The number of carbonyl (C=O) groups excluding carboxylic acids is 1. The molecule has 1 aliphatic rings. The van der Waals surface area contributed by atoms with Crippen LogP contribution >= 0.6 is 0 Å². The summed E-state index contributed by atoms with van der Waals surface area (Å²) in [6.45, 7) is 2.08. The minimum absolute atomic E-state index is 0.0774. The molecule has 0 fully saturated rings. The maximum Gasteiger partial charge on any atom is 0.268 e. The van der Waals surface area contributed by atoms with Gasteiger partial charge in [0.15, 0.2) is 6.10 Å². The van der Waals surface area contributed by atoms with Crippen molar-refractivity contribution in [1.29, 1.82) is 0 Å². The van der Waals surface area contributed by atoms with Gasteiger partial charge in [-0.25, -0.2) is 0 Å². The number of benzene rings is 1. The Balaban J connectivity index is 2.42. The third-order valence-electron chi connectivity index (χ3n) is 2.78. The van der Waals surface area contributed by atoms with Crippen LogP contribution in [0.1, 0.15) is 13.3 Å². The van der Waals surface area contributed by atoms with Gasteiger partial charge >= 0.3 is 0 Å². The number of carbonyl (C=O) groups is 1. The first-order valence-electron chi connectivity index (χ1n) is 5.65. The second-order valence-electron chi connectivity index (χ2n) is 3.96. The topological polar surface area (TPSA) is 75.8 Å². The molecule has 0 aliphatic carbocycles. The van der Waals surface area contributed by atoms with E-state index in [0.29, 0.717) is 23.5 Å². The lowest BCUT2D eigenvalue weighted by Crippen LogP contribution is -2.46. The second kappa shape index (κ2) is 4.63. The Morgan fingerprint density at radius 3 is 2.94 bits per heavy atom. The van der Waals surface area contributed by atoms with Gasteiger partial charge in [0.25, 0.3) is 5.91 Å². The molecular weight excluding hydrogens is 220 g/mol. The Hall–Kier alpha value is -1.75. The van der Waals surface area contributed by atoms with Crippen molar-refractivity contribution in [3.05, 3.63) is 18.2 Å². The standard InChI is InChI=1S/C12H16N2O3/c1-2-10-12(16)14(5-6-15)9-4-3-8(13)7-11(9)17-10/h3-4,7,10,15H,2,5-6,13H2,1H3. The lowest BCUT2D eigenvalue weighted by molar-refractivity contribution is -0.126. The van der Waals surface area contributed by atoms with E-state index >= 15 is 0 Å². The molecule has 0 aromatic heterocycles. The summed E-state index contributed by atoms with van der Waals surface area (Å²) in [4.78, 5) is 13.6. The zero-order valence-corrected chi connectivity index (χ0v) is 9.72. The summed E-state index contributed by atoms with van der Waals surface area (Å²) in [5, 5.41) is 9.02. The quantitative estimate of drug-likeness (QED) is 0.760. The molecule has 1 amide bonds. The predicted molar refractivity (Wildman–Crippen MR) is 65.0 cm³/mol. The van der Waals surface area contributed by atoms with E-state index in [1.54, 1.807) is 23.1 Å². The average Bonchev–Trinajstić information content (AvgIpc) is 2.32. The molecule has 17 heavy (non-hydrogen) atoms. The lowest BCUT2D eigenvalue weighted by Gasteiger charge is -2.33. The third-order valence-corrected chi connectivity index (χ3v) is 2.78.